The minimum Gasteiger partial charge on any atom is -0.383 e. The number of rotatable bonds is 8. The van der Waals surface area contributed by atoms with Crippen molar-refractivity contribution >= 4 is 0 Å². The van der Waals surface area contributed by atoms with Crippen LogP contribution in [0.2, 0.25) is 0 Å². The zero-order valence-electron chi connectivity index (χ0n) is 12.8. The summed E-state index contributed by atoms with van der Waals surface area (Å²) in [7, 11) is 5.77. The van der Waals surface area contributed by atoms with Crippen molar-refractivity contribution in [3.8, 4) is 0 Å². The van der Waals surface area contributed by atoms with Crippen LogP contribution in [0.4, 0.5) is 0 Å². The molecule has 0 radical (unpaired) electrons. The SMILES string of the molecule is COCCNCCc1c(C)nc(CN(C)C)nc1C. The van der Waals surface area contributed by atoms with Gasteiger partial charge in [0.25, 0.3) is 0 Å². The molecule has 0 spiro atoms. The largest absolute Gasteiger partial charge is 0.383 e. The van der Waals surface area contributed by atoms with Gasteiger partial charge in [-0.3, -0.25) is 0 Å². The molecule has 0 fully saturated rings. The Morgan fingerprint density at radius 1 is 1.11 bits per heavy atom. The van der Waals surface area contributed by atoms with Crippen LogP contribution in [0, 0.1) is 13.8 Å². The lowest BCUT2D eigenvalue weighted by molar-refractivity contribution is 0.199. The summed E-state index contributed by atoms with van der Waals surface area (Å²) in [6.45, 7) is 7.48. The van der Waals surface area contributed by atoms with Crippen LogP contribution in [-0.4, -0.2) is 55.8 Å². The molecule has 0 unspecified atom stereocenters. The Morgan fingerprint density at radius 2 is 1.74 bits per heavy atom. The third-order valence-electron chi connectivity index (χ3n) is 2.96. The topological polar surface area (TPSA) is 50.3 Å². The van der Waals surface area contributed by atoms with Crippen LogP contribution in [-0.2, 0) is 17.7 Å². The Labute approximate surface area is 116 Å². The maximum absolute atomic E-state index is 5.00. The summed E-state index contributed by atoms with van der Waals surface area (Å²) in [6.07, 6.45) is 0.962. The average Bonchev–Trinajstić information content (AvgIpc) is 2.31. The molecule has 0 saturated carbocycles. The van der Waals surface area contributed by atoms with E-state index in [9.17, 15) is 0 Å². The van der Waals surface area contributed by atoms with Gasteiger partial charge in [0.2, 0.25) is 0 Å². The fourth-order valence-electron chi connectivity index (χ4n) is 2.04. The number of methoxy groups -OCH3 is 1. The molecule has 19 heavy (non-hydrogen) atoms. The van der Waals surface area contributed by atoms with E-state index in [0.717, 1.165) is 49.9 Å². The van der Waals surface area contributed by atoms with E-state index in [1.54, 1.807) is 7.11 Å². The van der Waals surface area contributed by atoms with Crippen LogP contribution in [0.3, 0.4) is 0 Å². The summed E-state index contributed by atoms with van der Waals surface area (Å²) < 4.78 is 5.00. The first-order valence-electron chi connectivity index (χ1n) is 6.72. The molecular weight excluding hydrogens is 240 g/mol. The molecule has 108 valence electrons. The Morgan fingerprint density at radius 3 is 2.26 bits per heavy atom. The van der Waals surface area contributed by atoms with Gasteiger partial charge in [-0.2, -0.15) is 0 Å². The minimum atomic E-state index is 0.746. The lowest BCUT2D eigenvalue weighted by Crippen LogP contribution is -2.23. The molecular formula is C14H26N4O. The summed E-state index contributed by atoms with van der Waals surface area (Å²) in [5.74, 6) is 0.899. The Balaban J connectivity index is 2.59. The van der Waals surface area contributed by atoms with Gasteiger partial charge in [-0.1, -0.05) is 0 Å². The summed E-state index contributed by atoms with van der Waals surface area (Å²) in [4.78, 5) is 11.3. The summed E-state index contributed by atoms with van der Waals surface area (Å²) >= 11 is 0. The molecule has 0 aliphatic carbocycles. The lowest BCUT2D eigenvalue weighted by atomic mass is 10.1. The summed E-state index contributed by atoms with van der Waals surface area (Å²) in [5, 5.41) is 3.35. The summed E-state index contributed by atoms with van der Waals surface area (Å²) in [6, 6.07) is 0. The highest BCUT2D eigenvalue weighted by molar-refractivity contribution is 5.24. The van der Waals surface area contributed by atoms with Crippen molar-refractivity contribution in [3.05, 3.63) is 22.8 Å². The van der Waals surface area contributed by atoms with E-state index >= 15 is 0 Å². The maximum Gasteiger partial charge on any atom is 0.142 e. The number of hydrogen-bond donors (Lipinski definition) is 1. The average molecular weight is 266 g/mol. The van der Waals surface area contributed by atoms with Crippen LogP contribution < -0.4 is 5.32 Å². The minimum absolute atomic E-state index is 0.746. The van der Waals surface area contributed by atoms with Gasteiger partial charge < -0.3 is 15.0 Å². The quantitative estimate of drug-likeness (QED) is 0.710. The van der Waals surface area contributed by atoms with E-state index in [-0.39, 0.29) is 0 Å². The van der Waals surface area contributed by atoms with E-state index in [1.165, 1.54) is 5.56 Å². The Kier molecular flexibility index (Phi) is 6.91. The van der Waals surface area contributed by atoms with E-state index in [1.807, 2.05) is 14.1 Å². The first kappa shape index (κ1) is 16.0. The smallest absolute Gasteiger partial charge is 0.142 e. The Bertz CT molecular complexity index is 370. The zero-order valence-corrected chi connectivity index (χ0v) is 12.8. The molecule has 0 amide bonds. The highest BCUT2D eigenvalue weighted by atomic mass is 16.5. The van der Waals surface area contributed by atoms with Gasteiger partial charge in [0.15, 0.2) is 0 Å². The maximum atomic E-state index is 5.00. The molecule has 1 aromatic heterocycles. The number of nitrogens with zero attached hydrogens (tertiary/aromatic N) is 3. The number of ether oxygens (including phenoxy) is 1. The number of hydrogen-bond acceptors (Lipinski definition) is 5. The Hall–Kier alpha value is -1.04. The molecule has 0 aliphatic heterocycles. The fourth-order valence-corrected chi connectivity index (χ4v) is 2.04. The summed E-state index contributed by atoms with van der Waals surface area (Å²) in [5.41, 5.74) is 3.45. The van der Waals surface area contributed by atoms with Crippen molar-refractivity contribution < 1.29 is 4.74 Å². The van der Waals surface area contributed by atoms with Gasteiger partial charge in [0.1, 0.15) is 5.82 Å². The van der Waals surface area contributed by atoms with Crippen molar-refractivity contribution in [2.45, 2.75) is 26.8 Å². The van der Waals surface area contributed by atoms with Gasteiger partial charge >= 0.3 is 0 Å². The highest BCUT2D eigenvalue weighted by Gasteiger charge is 2.08. The predicted molar refractivity (Wildman–Crippen MR) is 77.3 cm³/mol. The molecule has 0 aliphatic rings. The van der Waals surface area contributed by atoms with Gasteiger partial charge in [-0.15, -0.1) is 0 Å². The van der Waals surface area contributed by atoms with Gasteiger partial charge in [0.05, 0.1) is 13.2 Å². The van der Waals surface area contributed by atoms with Crippen molar-refractivity contribution in [2.75, 3.05) is 40.9 Å². The molecule has 0 atom stereocenters. The first-order chi connectivity index (χ1) is 9.04. The molecule has 1 heterocycles. The molecule has 1 N–H and O–H groups in total. The molecule has 5 nitrogen and oxygen atoms in total. The van der Waals surface area contributed by atoms with Crippen molar-refractivity contribution in [2.24, 2.45) is 0 Å². The second-order valence-electron chi connectivity index (χ2n) is 5.02. The highest BCUT2D eigenvalue weighted by Crippen LogP contribution is 2.11. The van der Waals surface area contributed by atoms with Gasteiger partial charge in [-0.05, 0) is 46.5 Å². The van der Waals surface area contributed by atoms with Gasteiger partial charge in [-0.25, -0.2) is 9.97 Å². The van der Waals surface area contributed by atoms with Crippen LogP contribution in [0.1, 0.15) is 22.8 Å². The number of aromatic nitrogens is 2. The standard InChI is InChI=1S/C14H26N4O/c1-11-13(6-7-15-8-9-19-5)12(2)17-14(16-11)10-18(3)4/h15H,6-10H2,1-5H3. The predicted octanol–water partition coefficient (Wildman–Crippen LogP) is 0.934. The molecule has 0 aromatic carbocycles. The third kappa shape index (κ3) is 5.63. The third-order valence-corrected chi connectivity index (χ3v) is 2.96. The molecule has 1 rings (SSSR count). The zero-order chi connectivity index (χ0) is 14.3. The molecule has 1 aromatic rings. The monoisotopic (exact) mass is 266 g/mol. The van der Waals surface area contributed by atoms with Crippen molar-refractivity contribution in [1.29, 1.82) is 0 Å². The first-order valence-corrected chi connectivity index (χ1v) is 6.72. The normalized spacial score (nSPS) is 11.3. The molecule has 0 bridgehead atoms. The van der Waals surface area contributed by atoms with Crippen molar-refractivity contribution in [1.82, 2.24) is 20.2 Å². The lowest BCUT2D eigenvalue weighted by Gasteiger charge is -2.13. The van der Waals surface area contributed by atoms with E-state index in [2.05, 4.69) is 34.0 Å². The van der Waals surface area contributed by atoms with Gasteiger partial charge in [0, 0.05) is 25.0 Å². The van der Waals surface area contributed by atoms with Crippen molar-refractivity contribution in [3.63, 3.8) is 0 Å². The van der Waals surface area contributed by atoms with E-state index in [0.29, 0.717) is 0 Å². The molecule has 0 saturated heterocycles. The van der Waals surface area contributed by atoms with Crippen LogP contribution in [0.5, 0.6) is 0 Å². The van der Waals surface area contributed by atoms with Crippen LogP contribution in [0.25, 0.3) is 0 Å². The number of nitrogens with one attached hydrogen (secondary N) is 1. The fraction of sp³-hybridized carbons (Fsp3) is 0.714. The van der Waals surface area contributed by atoms with E-state index < -0.39 is 0 Å². The molecule has 5 heteroatoms. The van der Waals surface area contributed by atoms with Crippen LogP contribution in [0.15, 0.2) is 0 Å². The second kappa shape index (κ2) is 8.19. The second-order valence-corrected chi connectivity index (χ2v) is 5.02. The van der Waals surface area contributed by atoms with E-state index in [4.69, 9.17) is 4.74 Å². The number of aryl methyl sites for hydroxylation is 2. The van der Waals surface area contributed by atoms with Crippen LogP contribution >= 0.6 is 0 Å².